The van der Waals surface area contributed by atoms with E-state index in [1.807, 2.05) is 17.5 Å². The maximum Gasteiger partial charge on any atom is 0.243 e. The summed E-state index contributed by atoms with van der Waals surface area (Å²) in [5.41, 5.74) is 0.506. The Morgan fingerprint density at radius 1 is 1.35 bits per heavy atom. The zero-order chi connectivity index (χ0) is 14.8. The molecular formula is C13H14ClNO3S2. The van der Waals surface area contributed by atoms with Crippen molar-refractivity contribution < 1.29 is 13.5 Å². The Hall–Kier alpha value is -0.920. The highest BCUT2D eigenvalue weighted by Gasteiger charge is 2.22. The van der Waals surface area contributed by atoms with E-state index in [2.05, 4.69) is 0 Å². The number of hydrogen-bond acceptors (Lipinski definition) is 4. The van der Waals surface area contributed by atoms with E-state index in [4.69, 9.17) is 16.7 Å². The van der Waals surface area contributed by atoms with Gasteiger partial charge < -0.3 is 5.11 Å². The van der Waals surface area contributed by atoms with Crippen LogP contribution in [0.1, 0.15) is 10.4 Å². The van der Waals surface area contributed by atoms with Gasteiger partial charge in [0.25, 0.3) is 0 Å². The van der Waals surface area contributed by atoms with Crippen molar-refractivity contribution in [3.8, 4) is 0 Å². The van der Waals surface area contributed by atoms with E-state index in [-0.39, 0.29) is 16.5 Å². The van der Waals surface area contributed by atoms with Crippen molar-refractivity contribution in [1.29, 1.82) is 0 Å². The van der Waals surface area contributed by atoms with Crippen LogP contribution in [0.2, 0.25) is 5.02 Å². The van der Waals surface area contributed by atoms with E-state index in [9.17, 15) is 8.42 Å². The molecular weight excluding hydrogens is 318 g/mol. The molecule has 4 nitrogen and oxygen atoms in total. The first-order chi connectivity index (χ1) is 9.45. The fourth-order valence-electron chi connectivity index (χ4n) is 1.70. The Balaban J connectivity index is 2.27. The largest absolute Gasteiger partial charge is 0.392 e. The van der Waals surface area contributed by atoms with Gasteiger partial charge in [0.1, 0.15) is 0 Å². The van der Waals surface area contributed by atoms with Crippen LogP contribution in [0.15, 0.2) is 40.6 Å². The van der Waals surface area contributed by atoms with Crippen molar-refractivity contribution in [3.63, 3.8) is 0 Å². The van der Waals surface area contributed by atoms with Crippen LogP contribution in [0.3, 0.4) is 0 Å². The third-order valence-corrected chi connectivity index (χ3v) is 5.87. The van der Waals surface area contributed by atoms with Gasteiger partial charge in [0, 0.05) is 23.5 Å². The lowest BCUT2D eigenvalue weighted by molar-refractivity contribution is 0.282. The van der Waals surface area contributed by atoms with Gasteiger partial charge in [-0.25, -0.2) is 8.42 Å². The molecule has 108 valence electrons. The summed E-state index contributed by atoms with van der Waals surface area (Å²) in [4.78, 5) is 1.09. The minimum atomic E-state index is -3.59. The molecule has 0 aliphatic carbocycles. The van der Waals surface area contributed by atoms with E-state index in [0.29, 0.717) is 12.1 Å². The van der Waals surface area contributed by atoms with Gasteiger partial charge >= 0.3 is 0 Å². The minimum absolute atomic E-state index is 0.124. The van der Waals surface area contributed by atoms with Crippen molar-refractivity contribution in [3.05, 3.63) is 51.2 Å². The standard InChI is InChI=1S/C13H14ClNO3S2/c1-15(8-11-3-2-6-19-11)20(17,18)12-5-4-10(9-16)13(14)7-12/h2-7,16H,8-9H2,1H3. The molecule has 0 radical (unpaired) electrons. The molecule has 1 N–H and O–H groups in total. The molecule has 0 spiro atoms. The summed E-state index contributed by atoms with van der Waals surface area (Å²) in [6.45, 7) is 0.101. The van der Waals surface area contributed by atoms with Crippen LogP contribution in [0, 0.1) is 0 Å². The monoisotopic (exact) mass is 331 g/mol. The van der Waals surface area contributed by atoms with Crippen LogP contribution < -0.4 is 0 Å². The van der Waals surface area contributed by atoms with Crippen LogP contribution in [0.5, 0.6) is 0 Å². The van der Waals surface area contributed by atoms with Crippen LogP contribution in [0.25, 0.3) is 0 Å². The van der Waals surface area contributed by atoms with Gasteiger partial charge in [-0.2, -0.15) is 4.31 Å². The highest BCUT2D eigenvalue weighted by atomic mass is 35.5. The zero-order valence-corrected chi connectivity index (χ0v) is 13.2. The Bertz CT molecular complexity index is 684. The summed E-state index contributed by atoms with van der Waals surface area (Å²) in [6, 6.07) is 8.12. The average Bonchev–Trinajstić information content (AvgIpc) is 2.91. The first kappa shape index (κ1) is 15.5. The number of aliphatic hydroxyl groups is 1. The number of rotatable bonds is 5. The highest BCUT2D eigenvalue weighted by Crippen LogP contribution is 2.24. The van der Waals surface area contributed by atoms with Gasteiger partial charge in [0.05, 0.1) is 11.5 Å². The number of benzene rings is 1. The number of halogens is 1. The molecule has 0 atom stereocenters. The molecule has 0 aliphatic heterocycles. The average molecular weight is 332 g/mol. The lowest BCUT2D eigenvalue weighted by atomic mass is 10.2. The molecule has 1 aromatic carbocycles. The minimum Gasteiger partial charge on any atom is -0.392 e. The van der Waals surface area contributed by atoms with Crippen molar-refractivity contribution in [2.24, 2.45) is 0 Å². The van der Waals surface area contributed by atoms with Crippen molar-refractivity contribution >= 4 is 33.0 Å². The van der Waals surface area contributed by atoms with E-state index in [0.717, 1.165) is 4.88 Å². The third-order valence-electron chi connectivity index (χ3n) is 2.86. The van der Waals surface area contributed by atoms with Crippen LogP contribution in [-0.2, 0) is 23.2 Å². The smallest absolute Gasteiger partial charge is 0.243 e. The predicted molar refractivity (Wildman–Crippen MR) is 80.3 cm³/mol. The SMILES string of the molecule is CN(Cc1cccs1)S(=O)(=O)c1ccc(CO)c(Cl)c1. The second kappa shape index (κ2) is 6.24. The van der Waals surface area contributed by atoms with Crippen molar-refractivity contribution in [2.75, 3.05) is 7.05 Å². The first-order valence-corrected chi connectivity index (χ1v) is 8.53. The van der Waals surface area contributed by atoms with E-state index >= 15 is 0 Å². The summed E-state index contributed by atoms with van der Waals surface area (Å²) in [6.07, 6.45) is 0. The zero-order valence-electron chi connectivity index (χ0n) is 10.8. The number of nitrogens with zero attached hydrogens (tertiary/aromatic N) is 1. The summed E-state index contributed by atoms with van der Waals surface area (Å²) in [5.74, 6) is 0. The Kier molecular flexibility index (Phi) is 4.82. The molecule has 1 aromatic heterocycles. The third kappa shape index (κ3) is 3.21. The van der Waals surface area contributed by atoms with Gasteiger partial charge in [0.2, 0.25) is 10.0 Å². The molecule has 0 amide bonds. The molecule has 20 heavy (non-hydrogen) atoms. The molecule has 0 bridgehead atoms. The normalized spacial score (nSPS) is 12.0. The van der Waals surface area contributed by atoms with Gasteiger partial charge in [-0.15, -0.1) is 11.3 Å². The molecule has 0 saturated heterocycles. The van der Waals surface area contributed by atoms with E-state index < -0.39 is 10.0 Å². The topological polar surface area (TPSA) is 57.6 Å². The van der Waals surface area contributed by atoms with E-state index in [1.54, 1.807) is 0 Å². The van der Waals surface area contributed by atoms with E-state index in [1.165, 1.54) is 40.9 Å². The van der Waals surface area contributed by atoms with Gasteiger partial charge in [-0.3, -0.25) is 0 Å². The summed E-state index contributed by atoms with van der Waals surface area (Å²) < 4.78 is 26.1. The molecule has 7 heteroatoms. The second-order valence-corrected chi connectivity index (χ2v) is 7.74. The maximum atomic E-state index is 12.4. The maximum absolute atomic E-state index is 12.4. The van der Waals surface area contributed by atoms with Gasteiger partial charge in [-0.1, -0.05) is 23.7 Å². The molecule has 1 heterocycles. The Labute approximate surface area is 127 Å². The van der Waals surface area contributed by atoms with Crippen molar-refractivity contribution in [2.45, 2.75) is 18.0 Å². The number of sulfonamides is 1. The van der Waals surface area contributed by atoms with Crippen LogP contribution in [0.4, 0.5) is 0 Å². The molecule has 0 aliphatic rings. The number of thiophene rings is 1. The lowest BCUT2D eigenvalue weighted by Gasteiger charge is -2.17. The molecule has 0 unspecified atom stereocenters. The van der Waals surface area contributed by atoms with Crippen LogP contribution >= 0.6 is 22.9 Å². The summed E-state index contributed by atoms with van der Waals surface area (Å²) in [5, 5.41) is 11.2. The first-order valence-electron chi connectivity index (χ1n) is 5.83. The molecule has 0 fully saturated rings. The molecule has 2 aromatic rings. The Morgan fingerprint density at radius 2 is 2.10 bits per heavy atom. The molecule has 2 rings (SSSR count). The predicted octanol–water partition coefficient (Wildman–Crippen LogP) is 2.71. The van der Waals surface area contributed by atoms with Crippen LogP contribution in [-0.4, -0.2) is 24.9 Å². The highest BCUT2D eigenvalue weighted by molar-refractivity contribution is 7.89. The summed E-state index contributed by atoms with van der Waals surface area (Å²) >= 11 is 7.45. The fourth-order valence-corrected chi connectivity index (χ4v) is 4.02. The van der Waals surface area contributed by atoms with Gasteiger partial charge in [0.15, 0.2) is 0 Å². The summed E-state index contributed by atoms with van der Waals surface area (Å²) in [7, 11) is -2.06. The quantitative estimate of drug-likeness (QED) is 0.916. The number of hydrogen-bond donors (Lipinski definition) is 1. The lowest BCUT2D eigenvalue weighted by Crippen LogP contribution is -2.26. The van der Waals surface area contributed by atoms with Crippen molar-refractivity contribution in [1.82, 2.24) is 4.31 Å². The fraction of sp³-hybridized carbons (Fsp3) is 0.231. The second-order valence-electron chi connectivity index (χ2n) is 4.25. The Morgan fingerprint density at radius 3 is 2.65 bits per heavy atom. The molecule has 0 saturated carbocycles. The van der Waals surface area contributed by atoms with Gasteiger partial charge in [-0.05, 0) is 29.1 Å². The number of aliphatic hydroxyl groups excluding tert-OH is 1.